The third kappa shape index (κ3) is 3.10. The number of aromatic nitrogens is 2. The third-order valence-electron chi connectivity index (χ3n) is 2.93. The highest BCUT2D eigenvalue weighted by atomic mass is 16.5. The lowest BCUT2D eigenvalue weighted by atomic mass is 10.1. The first kappa shape index (κ1) is 13.1. The second-order valence-corrected chi connectivity index (χ2v) is 5.22. The van der Waals surface area contributed by atoms with E-state index in [4.69, 9.17) is 4.74 Å². The van der Waals surface area contributed by atoms with Crippen LogP contribution in [-0.2, 0) is 4.74 Å². The first-order chi connectivity index (χ1) is 8.50. The van der Waals surface area contributed by atoms with E-state index in [-0.39, 0.29) is 5.60 Å². The van der Waals surface area contributed by atoms with Crippen LogP contribution in [0.1, 0.15) is 26.6 Å². The van der Waals surface area contributed by atoms with Crippen LogP contribution >= 0.6 is 0 Å². The van der Waals surface area contributed by atoms with Crippen LogP contribution in [-0.4, -0.2) is 41.8 Å². The highest BCUT2D eigenvalue weighted by Crippen LogP contribution is 2.23. The lowest BCUT2D eigenvalue weighted by molar-refractivity contribution is -0.0279. The molecule has 0 radical (unpaired) electrons. The van der Waals surface area contributed by atoms with Gasteiger partial charge in [0.25, 0.3) is 0 Å². The Hall–Kier alpha value is -1.36. The number of hydrogen-bond donors (Lipinski definition) is 1. The molecule has 5 heteroatoms. The molecule has 1 aromatic rings. The van der Waals surface area contributed by atoms with Crippen molar-refractivity contribution in [2.75, 3.05) is 36.5 Å². The number of hydrogen-bond acceptors (Lipinski definition) is 5. The summed E-state index contributed by atoms with van der Waals surface area (Å²) in [7, 11) is 0. The maximum absolute atomic E-state index is 5.72. The zero-order valence-electron chi connectivity index (χ0n) is 11.7. The van der Waals surface area contributed by atoms with Crippen molar-refractivity contribution in [2.24, 2.45) is 0 Å². The van der Waals surface area contributed by atoms with E-state index in [0.29, 0.717) is 0 Å². The van der Waals surface area contributed by atoms with Crippen LogP contribution in [0.5, 0.6) is 0 Å². The maximum Gasteiger partial charge on any atom is 0.134 e. The van der Waals surface area contributed by atoms with Crippen molar-refractivity contribution in [3.63, 3.8) is 0 Å². The summed E-state index contributed by atoms with van der Waals surface area (Å²) < 4.78 is 5.72. The summed E-state index contributed by atoms with van der Waals surface area (Å²) in [5, 5.41) is 3.24. The Labute approximate surface area is 109 Å². The summed E-state index contributed by atoms with van der Waals surface area (Å²) in [5.41, 5.74) is -0.116. The third-order valence-corrected chi connectivity index (χ3v) is 2.93. The van der Waals surface area contributed by atoms with Gasteiger partial charge in [-0.1, -0.05) is 0 Å². The molecular weight excluding hydrogens is 228 g/mol. The van der Waals surface area contributed by atoms with Gasteiger partial charge in [0, 0.05) is 25.7 Å². The smallest absolute Gasteiger partial charge is 0.134 e. The Morgan fingerprint density at radius 3 is 2.89 bits per heavy atom. The van der Waals surface area contributed by atoms with Gasteiger partial charge in [-0.05, 0) is 27.7 Å². The van der Waals surface area contributed by atoms with Crippen molar-refractivity contribution in [3.8, 4) is 0 Å². The van der Waals surface area contributed by atoms with Crippen molar-refractivity contribution >= 4 is 11.6 Å². The van der Waals surface area contributed by atoms with Gasteiger partial charge in [-0.15, -0.1) is 0 Å². The lowest BCUT2D eigenvalue weighted by Gasteiger charge is -2.38. The minimum Gasteiger partial charge on any atom is -0.372 e. The first-order valence-electron chi connectivity index (χ1n) is 6.48. The number of anilines is 2. The highest BCUT2D eigenvalue weighted by molar-refractivity contribution is 5.49. The van der Waals surface area contributed by atoms with Gasteiger partial charge in [-0.3, -0.25) is 0 Å². The summed E-state index contributed by atoms with van der Waals surface area (Å²) in [6.07, 6.45) is 0. The number of nitrogens with one attached hydrogen (secondary N) is 1. The van der Waals surface area contributed by atoms with Gasteiger partial charge in [-0.2, -0.15) is 0 Å². The van der Waals surface area contributed by atoms with E-state index in [2.05, 4.69) is 41.0 Å². The van der Waals surface area contributed by atoms with Crippen molar-refractivity contribution < 1.29 is 4.74 Å². The molecule has 1 aliphatic rings. The Kier molecular flexibility index (Phi) is 3.71. The van der Waals surface area contributed by atoms with Crippen molar-refractivity contribution in [1.82, 2.24) is 9.97 Å². The molecule has 0 bridgehead atoms. The van der Waals surface area contributed by atoms with Crippen LogP contribution in [0, 0.1) is 6.92 Å². The number of aryl methyl sites for hydroxylation is 1. The molecule has 2 rings (SSSR count). The fourth-order valence-corrected chi connectivity index (χ4v) is 2.20. The zero-order valence-corrected chi connectivity index (χ0v) is 11.7. The Morgan fingerprint density at radius 2 is 2.22 bits per heavy atom. The molecule has 2 heterocycles. The summed E-state index contributed by atoms with van der Waals surface area (Å²) in [4.78, 5) is 11.2. The molecular formula is C13H22N4O. The molecule has 0 amide bonds. The molecule has 0 unspecified atom stereocenters. The summed E-state index contributed by atoms with van der Waals surface area (Å²) in [6, 6.07) is 2.01. The summed E-state index contributed by atoms with van der Waals surface area (Å²) in [5.74, 6) is 2.67. The Balaban J connectivity index is 2.21. The Bertz CT molecular complexity index is 419. The van der Waals surface area contributed by atoms with Crippen LogP contribution in [0.25, 0.3) is 0 Å². The van der Waals surface area contributed by atoms with Crippen LogP contribution in [0.4, 0.5) is 11.6 Å². The van der Waals surface area contributed by atoms with E-state index in [0.717, 1.165) is 43.7 Å². The van der Waals surface area contributed by atoms with E-state index in [1.54, 1.807) is 0 Å². The summed E-state index contributed by atoms with van der Waals surface area (Å²) in [6.45, 7) is 11.6. The molecule has 1 aliphatic heterocycles. The van der Waals surface area contributed by atoms with Gasteiger partial charge in [0.1, 0.15) is 17.5 Å². The van der Waals surface area contributed by atoms with Crippen molar-refractivity contribution in [3.05, 3.63) is 11.9 Å². The van der Waals surface area contributed by atoms with E-state index in [9.17, 15) is 0 Å². The van der Waals surface area contributed by atoms with Gasteiger partial charge in [0.05, 0.1) is 12.2 Å². The second kappa shape index (κ2) is 5.10. The maximum atomic E-state index is 5.72. The van der Waals surface area contributed by atoms with E-state index in [1.807, 2.05) is 13.0 Å². The summed E-state index contributed by atoms with van der Waals surface area (Å²) >= 11 is 0. The highest BCUT2D eigenvalue weighted by Gasteiger charge is 2.28. The second-order valence-electron chi connectivity index (χ2n) is 5.22. The van der Waals surface area contributed by atoms with Crippen LogP contribution in [0.3, 0.4) is 0 Å². The zero-order chi connectivity index (χ0) is 13.2. The van der Waals surface area contributed by atoms with Gasteiger partial charge >= 0.3 is 0 Å². The molecule has 0 saturated carbocycles. The normalized spacial score (nSPS) is 18.8. The van der Waals surface area contributed by atoms with Gasteiger partial charge < -0.3 is 15.0 Å². The van der Waals surface area contributed by atoms with E-state index >= 15 is 0 Å². The molecule has 1 aromatic heterocycles. The fourth-order valence-electron chi connectivity index (χ4n) is 2.20. The minimum absolute atomic E-state index is 0.116. The van der Waals surface area contributed by atoms with Crippen LogP contribution in [0.15, 0.2) is 6.07 Å². The first-order valence-corrected chi connectivity index (χ1v) is 6.48. The minimum atomic E-state index is -0.116. The Morgan fingerprint density at radius 1 is 1.44 bits per heavy atom. The van der Waals surface area contributed by atoms with E-state index in [1.165, 1.54) is 0 Å². The molecule has 1 fully saturated rings. The molecule has 0 aromatic carbocycles. The molecule has 18 heavy (non-hydrogen) atoms. The average Bonchev–Trinajstić information content (AvgIpc) is 2.27. The topological polar surface area (TPSA) is 50.3 Å². The van der Waals surface area contributed by atoms with Crippen molar-refractivity contribution in [1.29, 1.82) is 0 Å². The fraction of sp³-hybridized carbons (Fsp3) is 0.692. The number of ether oxygens (including phenoxy) is 1. The van der Waals surface area contributed by atoms with Gasteiger partial charge in [0.2, 0.25) is 0 Å². The molecule has 100 valence electrons. The molecule has 0 spiro atoms. The van der Waals surface area contributed by atoms with Crippen LogP contribution < -0.4 is 10.2 Å². The SMILES string of the molecule is CCNc1cc(N2CCOC(C)(C)C2)nc(C)n1. The van der Waals surface area contributed by atoms with E-state index < -0.39 is 0 Å². The predicted octanol–water partition coefficient (Wildman–Crippen LogP) is 1.83. The molecule has 0 atom stereocenters. The largest absolute Gasteiger partial charge is 0.372 e. The predicted molar refractivity (Wildman–Crippen MR) is 73.2 cm³/mol. The monoisotopic (exact) mass is 250 g/mol. The molecule has 1 N–H and O–H groups in total. The lowest BCUT2D eigenvalue weighted by Crippen LogP contribution is -2.48. The molecule has 5 nitrogen and oxygen atoms in total. The standard InChI is InChI=1S/C13H22N4O/c1-5-14-11-8-12(16-10(2)15-11)17-6-7-18-13(3,4)9-17/h8H,5-7,9H2,1-4H3,(H,14,15,16). The molecule has 1 saturated heterocycles. The van der Waals surface area contributed by atoms with Crippen molar-refractivity contribution in [2.45, 2.75) is 33.3 Å². The van der Waals surface area contributed by atoms with Crippen LogP contribution in [0.2, 0.25) is 0 Å². The molecule has 0 aliphatic carbocycles. The van der Waals surface area contributed by atoms with Gasteiger partial charge in [0.15, 0.2) is 0 Å². The average molecular weight is 250 g/mol. The number of nitrogens with zero attached hydrogens (tertiary/aromatic N) is 3. The number of morpholine rings is 1. The van der Waals surface area contributed by atoms with Gasteiger partial charge in [-0.25, -0.2) is 9.97 Å². The number of rotatable bonds is 3. The quantitative estimate of drug-likeness (QED) is 0.887.